The van der Waals surface area contributed by atoms with Gasteiger partial charge in [-0.3, -0.25) is 0 Å². The molecular weight excluding hydrogens is 274 g/mol. The van der Waals surface area contributed by atoms with Gasteiger partial charge >= 0.3 is 5.97 Å². The van der Waals surface area contributed by atoms with Crippen LogP contribution in [0, 0.1) is 0 Å². The molecule has 0 unspecified atom stereocenters. The number of fused-ring (bicyclic) bond motifs is 3. The van der Waals surface area contributed by atoms with Crippen LogP contribution in [-0.4, -0.2) is 18.1 Å². The zero-order valence-electron chi connectivity index (χ0n) is 13.3. The van der Waals surface area contributed by atoms with E-state index in [9.17, 15) is 4.79 Å². The number of para-hydroxylation sites is 1. The maximum atomic E-state index is 12.1. The summed E-state index contributed by atoms with van der Waals surface area (Å²) >= 11 is 0. The predicted molar refractivity (Wildman–Crippen MR) is 89.3 cm³/mol. The second-order valence-electron chi connectivity index (χ2n) is 6.48. The summed E-state index contributed by atoms with van der Waals surface area (Å²) in [5.41, 5.74) is 2.36. The highest BCUT2D eigenvalue weighted by Crippen LogP contribution is 2.31. The fourth-order valence-corrected chi connectivity index (χ4v) is 2.67. The summed E-state index contributed by atoms with van der Waals surface area (Å²) in [6.07, 6.45) is 0. The Morgan fingerprint density at radius 1 is 1.00 bits per heavy atom. The van der Waals surface area contributed by atoms with Crippen LogP contribution in [0.5, 0.6) is 0 Å². The summed E-state index contributed by atoms with van der Waals surface area (Å²) in [7, 11) is 1.39. The van der Waals surface area contributed by atoms with Gasteiger partial charge in [-0.25, -0.2) is 9.78 Å². The predicted octanol–water partition coefficient (Wildman–Crippen LogP) is 4.47. The first-order chi connectivity index (χ1) is 10.4. The molecule has 0 aliphatic heterocycles. The lowest BCUT2D eigenvalue weighted by Crippen LogP contribution is -2.12. The summed E-state index contributed by atoms with van der Waals surface area (Å²) in [6.45, 7) is 6.46. The molecule has 0 fully saturated rings. The molecule has 3 aromatic rings. The number of hydrogen-bond acceptors (Lipinski definition) is 3. The van der Waals surface area contributed by atoms with Gasteiger partial charge in [-0.1, -0.05) is 51.1 Å². The zero-order chi connectivity index (χ0) is 15.9. The number of rotatable bonds is 1. The molecule has 1 heterocycles. The number of carbonyl (C=O) groups excluding carboxylic acids is 1. The van der Waals surface area contributed by atoms with E-state index in [0.717, 1.165) is 21.7 Å². The topological polar surface area (TPSA) is 39.2 Å². The standard InChI is InChI=1S/C19H19NO2/c1-19(2,3)12-9-10-13-14-7-5-6-8-16(14)20-17(15(13)11-12)18(21)22-4/h5-11H,1-4H3. The molecule has 112 valence electrons. The number of carbonyl (C=O) groups is 1. The number of nitrogens with zero attached hydrogens (tertiary/aromatic N) is 1. The van der Waals surface area contributed by atoms with Crippen molar-refractivity contribution in [2.24, 2.45) is 0 Å². The van der Waals surface area contributed by atoms with Gasteiger partial charge in [0.05, 0.1) is 12.6 Å². The van der Waals surface area contributed by atoms with Crippen molar-refractivity contribution in [3.63, 3.8) is 0 Å². The van der Waals surface area contributed by atoms with E-state index < -0.39 is 5.97 Å². The second-order valence-corrected chi connectivity index (χ2v) is 6.48. The van der Waals surface area contributed by atoms with Crippen LogP contribution in [-0.2, 0) is 10.2 Å². The van der Waals surface area contributed by atoms with Crippen molar-refractivity contribution in [1.29, 1.82) is 0 Å². The molecule has 0 radical (unpaired) electrons. The lowest BCUT2D eigenvalue weighted by Gasteiger charge is -2.20. The first-order valence-electron chi connectivity index (χ1n) is 7.33. The molecule has 0 bridgehead atoms. The average molecular weight is 293 g/mol. The van der Waals surface area contributed by atoms with Crippen molar-refractivity contribution < 1.29 is 9.53 Å². The summed E-state index contributed by atoms with van der Waals surface area (Å²) in [6, 6.07) is 14.1. The normalized spacial score (nSPS) is 11.8. The Bertz CT molecular complexity index is 876. The van der Waals surface area contributed by atoms with Crippen LogP contribution in [0.4, 0.5) is 0 Å². The van der Waals surface area contributed by atoms with Gasteiger partial charge in [0.2, 0.25) is 0 Å². The third-order valence-electron chi connectivity index (χ3n) is 3.95. The molecule has 0 aliphatic rings. The Labute approximate surface area is 129 Å². The van der Waals surface area contributed by atoms with Crippen molar-refractivity contribution in [1.82, 2.24) is 4.98 Å². The first kappa shape index (κ1) is 14.5. The van der Waals surface area contributed by atoms with Gasteiger partial charge in [0, 0.05) is 10.8 Å². The van der Waals surface area contributed by atoms with Gasteiger partial charge in [0.25, 0.3) is 0 Å². The van der Waals surface area contributed by atoms with E-state index in [2.05, 4.69) is 44.0 Å². The molecule has 0 atom stereocenters. The highest BCUT2D eigenvalue weighted by molar-refractivity contribution is 6.13. The third-order valence-corrected chi connectivity index (χ3v) is 3.95. The number of ether oxygens (including phenoxy) is 1. The molecule has 0 saturated carbocycles. The minimum Gasteiger partial charge on any atom is -0.464 e. The molecule has 22 heavy (non-hydrogen) atoms. The summed E-state index contributed by atoms with van der Waals surface area (Å²) in [4.78, 5) is 16.7. The number of pyridine rings is 1. The molecular formula is C19H19NO2. The van der Waals surface area contributed by atoms with Crippen LogP contribution in [0.25, 0.3) is 21.7 Å². The van der Waals surface area contributed by atoms with Gasteiger partial charge in [-0.15, -0.1) is 0 Å². The molecule has 0 amide bonds. The minimum atomic E-state index is -0.401. The van der Waals surface area contributed by atoms with Gasteiger partial charge < -0.3 is 4.74 Å². The molecule has 0 saturated heterocycles. The van der Waals surface area contributed by atoms with Crippen LogP contribution in [0.2, 0.25) is 0 Å². The molecule has 0 aliphatic carbocycles. The van der Waals surface area contributed by atoms with Crippen LogP contribution < -0.4 is 0 Å². The number of esters is 1. The Balaban J connectivity index is 2.44. The number of hydrogen-bond donors (Lipinski definition) is 0. The van der Waals surface area contributed by atoms with Crippen LogP contribution in [0.1, 0.15) is 36.8 Å². The molecule has 1 aromatic heterocycles. The Kier molecular flexibility index (Phi) is 3.36. The lowest BCUT2D eigenvalue weighted by atomic mass is 9.85. The quantitative estimate of drug-likeness (QED) is 0.491. The van der Waals surface area contributed by atoms with E-state index in [4.69, 9.17) is 4.74 Å². The zero-order valence-corrected chi connectivity index (χ0v) is 13.3. The maximum absolute atomic E-state index is 12.1. The van der Waals surface area contributed by atoms with Crippen LogP contribution in [0.15, 0.2) is 42.5 Å². The molecule has 0 N–H and O–H groups in total. The number of benzene rings is 2. The van der Waals surface area contributed by atoms with Gasteiger partial charge in [-0.2, -0.15) is 0 Å². The Morgan fingerprint density at radius 3 is 2.41 bits per heavy atom. The van der Waals surface area contributed by atoms with Gasteiger partial charge in [0.15, 0.2) is 5.69 Å². The molecule has 3 rings (SSSR count). The van der Waals surface area contributed by atoms with E-state index in [0.29, 0.717) is 5.69 Å². The van der Waals surface area contributed by atoms with E-state index in [1.807, 2.05) is 24.3 Å². The highest BCUT2D eigenvalue weighted by Gasteiger charge is 2.19. The number of methoxy groups -OCH3 is 1. The van der Waals surface area contributed by atoms with Crippen molar-refractivity contribution in [3.8, 4) is 0 Å². The van der Waals surface area contributed by atoms with E-state index in [1.165, 1.54) is 12.7 Å². The fraction of sp³-hybridized carbons (Fsp3) is 0.263. The van der Waals surface area contributed by atoms with E-state index >= 15 is 0 Å². The van der Waals surface area contributed by atoms with E-state index in [1.54, 1.807) is 0 Å². The Hall–Kier alpha value is -2.42. The summed E-state index contributed by atoms with van der Waals surface area (Å²) in [5.74, 6) is -0.401. The summed E-state index contributed by atoms with van der Waals surface area (Å²) < 4.78 is 4.92. The van der Waals surface area contributed by atoms with Gasteiger partial charge in [0.1, 0.15) is 0 Å². The van der Waals surface area contributed by atoms with Crippen LogP contribution in [0.3, 0.4) is 0 Å². The van der Waals surface area contributed by atoms with E-state index in [-0.39, 0.29) is 5.41 Å². The lowest BCUT2D eigenvalue weighted by molar-refractivity contribution is 0.0597. The molecule has 0 spiro atoms. The molecule has 3 heteroatoms. The first-order valence-corrected chi connectivity index (χ1v) is 7.33. The SMILES string of the molecule is COC(=O)c1nc2ccccc2c2ccc(C(C)(C)C)cc12. The Morgan fingerprint density at radius 2 is 1.73 bits per heavy atom. The second kappa shape index (κ2) is 5.09. The number of aromatic nitrogens is 1. The van der Waals surface area contributed by atoms with Crippen molar-refractivity contribution in [3.05, 3.63) is 53.7 Å². The summed E-state index contributed by atoms with van der Waals surface area (Å²) in [5, 5.41) is 2.92. The highest BCUT2D eigenvalue weighted by atomic mass is 16.5. The van der Waals surface area contributed by atoms with Gasteiger partial charge in [-0.05, 0) is 28.5 Å². The smallest absolute Gasteiger partial charge is 0.357 e. The molecule has 2 aromatic carbocycles. The average Bonchev–Trinajstić information content (AvgIpc) is 2.52. The monoisotopic (exact) mass is 293 g/mol. The van der Waals surface area contributed by atoms with Crippen LogP contribution >= 0.6 is 0 Å². The molecule has 3 nitrogen and oxygen atoms in total. The third kappa shape index (κ3) is 2.33. The van der Waals surface area contributed by atoms with Crippen molar-refractivity contribution in [2.45, 2.75) is 26.2 Å². The fourth-order valence-electron chi connectivity index (χ4n) is 2.67. The van der Waals surface area contributed by atoms with Crippen molar-refractivity contribution >= 4 is 27.6 Å². The van der Waals surface area contributed by atoms with Crippen molar-refractivity contribution in [2.75, 3.05) is 7.11 Å². The minimum absolute atomic E-state index is 0.00717. The maximum Gasteiger partial charge on any atom is 0.357 e. The largest absolute Gasteiger partial charge is 0.464 e.